The van der Waals surface area contributed by atoms with Crippen molar-refractivity contribution in [2.45, 2.75) is 6.42 Å². The SMILES string of the molecule is O=C(C=Cc1ccnc2ccccc12)Cc1cccnc1. The van der Waals surface area contributed by atoms with Crippen LogP contribution in [0.2, 0.25) is 0 Å². The molecule has 0 bridgehead atoms. The van der Waals surface area contributed by atoms with Gasteiger partial charge in [-0.2, -0.15) is 0 Å². The lowest BCUT2D eigenvalue weighted by atomic mass is 10.1. The number of hydrogen-bond donors (Lipinski definition) is 0. The van der Waals surface area contributed by atoms with Crippen LogP contribution < -0.4 is 0 Å². The average Bonchev–Trinajstić information content (AvgIpc) is 2.54. The Labute approximate surface area is 123 Å². The lowest BCUT2D eigenvalue weighted by Crippen LogP contribution is -1.98. The van der Waals surface area contributed by atoms with Crippen LogP contribution in [0, 0.1) is 0 Å². The van der Waals surface area contributed by atoms with Crippen LogP contribution in [-0.2, 0) is 11.2 Å². The zero-order valence-corrected chi connectivity index (χ0v) is 11.4. The summed E-state index contributed by atoms with van der Waals surface area (Å²) in [5.74, 6) is 0.0592. The Morgan fingerprint density at radius 1 is 1.05 bits per heavy atom. The first-order valence-corrected chi connectivity index (χ1v) is 6.76. The first-order valence-electron chi connectivity index (χ1n) is 6.76. The second-order valence-corrected chi connectivity index (χ2v) is 4.76. The fourth-order valence-corrected chi connectivity index (χ4v) is 2.21. The van der Waals surface area contributed by atoms with E-state index in [2.05, 4.69) is 9.97 Å². The minimum Gasteiger partial charge on any atom is -0.294 e. The maximum absolute atomic E-state index is 12.0. The fourth-order valence-electron chi connectivity index (χ4n) is 2.21. The number of ketones is 1. The largest absolute Gasteiger partial charge is 0.294 e. The van der Waals surface area contributed by atoms with E-state index in [0.717, 1.165) is 22.0 Å². The molecular formula is C18H14N2O. The Morgan fingerprint density at radius 2 is 1.95 bits per heavy atom. The van der Waals surface area contributed by atoms with Gasteiger partial charge in [-0.3, -0.25) is 14.8 Å². The molecule has 3 nitrogen and oxygen atoms in total. The molecule has 3 heteroatoms. The summed E-state index contributed by atoms with van der Waals surface area (Å²) in [5.41, 5.74) is 2.85. The summed E-state index contributed by atoms with van der Waals surface area (Å²) in [5, 5.41) is 1.05. The van der Waals surface area contributed by atoms with Crippen LogP contribution in [0.4, 0.5) is 0 Å². The smallest absolute Gasteiger partial charge is 0.160 e. The molecule has 0 fully saturated rings. The van der Waals surface area contributed by atoms with Crippen molar-refractivity contribution in [2.75, 3.05) is 0 Å². The molecule has 0 unspecified atom stereocenters. The van der Waals surface area contributed by atoms with Gasteiger partial charge in [0, 0.05) is 30.4 Å². The molecule has 0 radical (unpaired) electrons. The van der Waals surface area contributed by atoms with Crippen molar-refractivity contribution in [2.24, 2.45) is 0 Å². The fraction of sp³-hybridized carbons (Fsp3) is 0.0556. The molecule has 21 heavy (non-hydrogen) atoms. The Morgan fingerprint density at radius 3 is 2.81 bits per heavy atom. The summed E-state index contributed by atoms with van der Waals surface area (Å²) in [7, 11) is 0. The molecule has 0 amide bonds. The molecule has 3 aromatic rings. The highest BCUT2D eigenvalue weighted by Crippen LogP contribution is 2.17. The maximum Gasteiger partial charge on any atom is 0.160 e. The third-order valence-corrected chi connectivity index (χ3v) is 3.23. The molecule has 102 valence electrons. The molecule has 0 atom stereocenters. The van der Waals surface area contributed by atoms with Gasteiger partial charge >= 0.3 is 0 Å². The Balaban J connectivity index is 1.80. The zero-order chi connectivity index (χ0) is 14.5. The molecule has 2 heterocycles. The average molecular weight is 274 g/mol. The van der Waals surface area contributed by atoms with E-state index in [-0.39, 0.29) is 5.78 Å². The highest BCUT2D eigenvalue weighted by Gasteiger charge is 2.01. The number of carbonyl (C=O) groups excluding carboxylic acids is 1. The molecule has 0 saturated heterocycles. The first kappa shape index (κ1) is 13.2. The van der Waals surface area contributed by atoms with E-state index in [4.69, 9.17) is 0 Å². The van der Waals surface area contributed by atoms with Crippen LogP contribution in [0.3, 0.4) is 0 Å². The van der Waals surface area contributed by atoms with Crippen molar-refractivity contribution < 1.29 is 4.79 Å². The van der Waals surface area contributed by atoms with Gasteiger partial charge in [0.15, 0.2) is 5.78 Å². The molecule has 0 aliphatic carbocycles. The van der Waals surface area contributed by atoms with Crippen LogP contribution in [0.1, 0.15) is 11.1 Å². The molecule has 0 aliphatic rings. The quantitative estimate of drug-likeness (QED) is 0.684. The number of benzene rings is 1. The molecular weight excluding hydrogens is 260 g/mol. The first-order chi connectivity index (χ1) is 10.3. The highest BCUT2D eigenvalue weighted by molar-refractivity contribution is 5.97. The number of carbonyl (C=O) groups is 1. The van der Waals surface area contributed by atoms with Crippen LogP contribution in [-0.4, -0.2) is 15.8 Å². The molecule has 1 aromatic carbocycles. The molecule has 2 aromatic heterocycles. The summed E-state index contributed by atoms with van der Waals surface area (Å²) >= 11 is 0. The second kappa shape index (κ2) is 6.09. The van der Waals surface area contributed by atoms with Crippen LogP contribution in [0.5, 0.6) is 0 Å². The van der Waals surface area contributed by atoms with Gasteiger partial charge in [0.25, 0.3) is 0 Å². The van der Waals surface area contributed by atoms with Gasteiger partial charge in [-0.1, -0.05) is 30.3 Å². The number of nitrogens with zero attached hydrogens (tertiary/aromatic N) is 2. The van der Waals surface area contributed by atoms with Crippen LogP contribution in [0.15, 0.2) is 67.1 Å². The number of para-hydroxylation sites is 1. The third-order valence-electron chi connectivity index (χ3n) is 3.23. The van der Waals surface area contributed by atoms with E-state index < -0.39 is 0 Å². The van der Waals surface area contributed by atoms with E-state index in [9.17, 15) is 4.79 Å². The topological polar surface area (TPSA) is 42.9 Å². The van der Waals surface area contributed by atoms with E-state index in [1.165, 1.54) is 0 Å². The molecule has 3 rings (SSSR count). The summed E-state index contributed by atoms with van der Waals surface area (Å²) in [6.07, 6.45) is 9.01. The van der Waals surface area contributed by atoms with E-state index in [1.807, 2.05) is 48.5 Å². The zero-order valence-electron chi connectivity index (χ0n) is 11.4. The summed E-state index contributed by atoms with van der Waals surface area (Å²) in [4.78, 5) is 20.3. The van der Waals surface area contributed by atoms with Gasteiger partial charge in [0.1, 0.15) is 0 Å². The Bertz CT molecular complexity index is 789. The van der Waals surface area contributed by atoms with Crippen molar-refractivity contribution in [1.82, 2.24) is 9.97 Å². The van der Waals surface area contributed by atoms with Gasteiger partial charge in [0.2, 0.25) is 0 Å². The lowest BCUT2D eigenvalue weighted by Gasteiger charge is -2.01. The van der Waals surface area contributed by atoms with Gasteiger partial charge < -0.3 is 0 Å². The molecule has 0 saturated carbocycles. The second-order valence-electron chi connectivity index (χ2n) is 4.76. The predicted octanol–water partition coefficient (Wildman–Crippen LogP) is 3.45. The number of aromatic nitrogens is 2. The van der Waals surface area contributed by atoms with Crippen LogP contribution in [0.25, 0.3) is 17.0 Å². The highest BCUT2D eigenvalue weighted by atomic mass is 16.1. The summed E-state index contributed by atoms with van der Waals surface area (Å²) in [6.45, 7) is 0. The minimum atomic E-state index is 0.0592. The van der Waals surface area contributed by atoms with Crippen molar-refractivity contribution in [3.8, 4) is 0 Å². The van der Waals surface area contributed by atoms with E-state index in [1.54, 1.807) is 24.7 Å². The van der Waals surface area contributed by atoms with Crippen molar-refractivity contribution >= 4 is 22.8 Å². The van der Waals surface area contributed by atoms with Crippen molar-refractivity contribution in [3.05, 3.63) is 78.3 Å². The minimum absolute atomic E-state index is 0.0592. The number of rotatable bonds is 4. The Hall–Kier alpha value is -2.81. The van der Waals surface area contributed by atoms with Crippen LogP contribution >= 0.6 is 0 Å². The molecule has 0 spiro atoms. The number of pyridine rings is 2. The van der Waals surface area contributed by atoms with Crippen molar-refractivity contribution in [3.63, 3.8) is 0 Å². The molecule has 0 aliphatic heterocycles. The number of fused-ring (bicyclic) bond motifs is 1. The normalized spacial score (nSPS) is 11.0. The molecule has 0 N–H and O–H groups in total. The van der Waals surface area contributed by atoms with Gasteiger partial charge in [0.05, 0.1) is 5.52 Å². The van der Waals surface area contributed by atoms with Gasteiger partial charge in [-0.15, -0.1) is 0 Å². The third kappa shape index (κ3) is 3.20. The van der Waals surface area contributed by atoms with Gasteiger partial charge in [-0.05, 0) is 35.4 Å². The predicted molar refractivity (Wildman–Crippen MR) is 83.7 cm³/mol. The standard InChI is InChI=1S/C18H14N2O/c21-16(12-14-4-3-10-19-13-14)8-7-15-9-11-20-18-6-2-1-5-17(15)18/h1-11,13H,12H2. The summed E-state index contributed by atoms with van der Waals surface area (Å²) < 4.78 is 0. The number of allylic oxidation sites excluding steroid dienone is 1. The summed E-state index contributed by atoms with van der Waals surface area (Å²) in [6, 6.07) is 13.5. The monoisotopic (exact) mass is 274 g/mol. The van der Waals surface area contributed by atoms with E-state index in [0.29, 0.717) is 6.42 Å². The van der Waals surface area contributed by atoms with Gasteiger partial charge in [-0.25, -0.2) is 0 Å². The lowest BCUT2D eigenvalue weighted by molar-refractivity contribution is -0.113. The number of hydrogen-bond acceptors (Lipinski definition) is 3. The maximum atomic E-state index is 12.0. The van der Waals surface area contributed by atoms with Crippen molar-refractivity contribution in [1.29, 1.82) is 0 Å². The van der Waals surface area contributed by atoms with E-state index >= 15 is 0 Å². The Kier molecular flexibility index (Phi) is 3.83.